The summed E-state index contributed by atoms with van der Waals surface area (Å²) in [6.07, 6.45) is -0.320. The standard InChI is InChI=1S/C17H17N3O5/c21-17(19-14-2-1-3-15(10-14)20(22)23)18-11-12-4-6-13(7-5-12)16-24-8-9-25-16/h1-7,10,16H,8-9,11H2,(H2,18,19,21). The molecule has 3 rings (SSSR count). The number of urea groups is 1. The average Bonchev–Trinajstić information content (AvgIpc) is 3.15. The molecule has 2 N–H and O–H groups in total. The van der Waals surface area contributed by atoms with Crippen LogP contribution in [0.3, 0.4) is 0 Å². The molecule has 0 aliphatic carbocycles. The van der Waals surface area contributed by atoms with E-state index < -0.39 is 11.0 Å². The third-order valence-electron chi connectivity index (χ3n) is 3.64. The van der Waals surface area contributed by atoms with Gasteiger partial charge in [-0.05, 0) is 11.6 Å². The second kappa shape index (κ2) is 7.73. The second-order valence-electron chi connectivity index (χ2n) is 5.43. The van der Waals surface area contributed by atoms with Gasteiger partial charge in [0.05, 0.1) is 18.1 Å². The molecule has 0 unspecified atom stereocenters. The molecule has 0 radical (unpaired) electrons. The van der Waals surface area contributed by atoms with Gasteiger partial charge in [-0.15, -0.1) is 0 Å². The fraction of sp³-hybridized carbons (Fsp3) is 0.235. The molecular weight excluding hydrogens is 326 g/mol. The van der Waals surface area contributed by atoms with Crippen molar-refractivity contribution in [1.29, 1.82) is 0 Å². The van der Waals surface area contributed by atoms with Gasteiger partial charge in [-0.2, -0.15) is 0 Å². The zero-order valence-electron chi connectivity index (χ0n) is 13.3. The lowest BCUT2D eigenvalue weighted by Crippen LogP contribution is -2.28. The zero-order chi connectivity index (χ0) is 17.6. The van der Waals surface area contributed by atoms with Crippen molar-refractivity contribution in [1.82, 2.24) is 5.32 Å². The fourth-order valence-electron chi connectivity index (χ4n) is 2.40. The minimum atomic E-state index is -0.511. The van der Waals surface area contributed by atoms with Crippen LogP contribution in [0.4, 0.5) is 16.2 Å². The lowest BCUT2D eigenvalue weighted by atomic mass is 10.1. The Balaban J connectivity index is 1.52. The summed E-state index contributed by atoms with van der Waals surface area (Å²) in [5, 5.41) is 16.0. The number of amides is 2. The van der Waals surface area contributed by atoms with Crippen LogP contribution >= 0.6 is 0 Å². The van der Waals surface area contributed by atoms with Crippen molar-refractivity contribution in [3.05, 3.63) is 69.8 Å². The maximum atomic E-state index is 11.9. The Bertz CT molecular complexity index is 757. The van der Waals surface area contributed by atoms with Gasteiger partial charge in [0.15, 0.2) is 6.29 Å². The van der Waals surface area contributed by atoms with Crippen molar-refractivity contribution in [2.24, 2.45) is 0 Å². The minimum Gasteiger partial charge on any atom is -0.346 e. The average molecular weight is 343 g/mol. The summed E-state index contributed by atoms with van der Waals surface area (Å²) in [5.41, 5.74) is 2.13. The molecule has 8 nitrogen and oxygen atoms in total. The van der Waals surface area contributed by atoms with E-state index in [1.165, 1.54) is 18.2 Å². The summed E-state index contributed by atoms with van der Waals surface area (Å²) in [7, 11) is 0. The Morgan fingerprint density at radius 3 is 2.56 bits per heavy atom. The van der Waals surface area contributed by atoms with Gasteiger partial charge in [-0.3, -0.25) is 10.1 Å². The molecule has 2 aromatic carbocycles. The molecule has 8 heteroatoms. The summed E-state index contributed by atoms with van der Waals surface area (Å²) < 4.78 is 10.8. The first-order valence-electron chi connectivity index (χ1n) is 7.73. The van der Waals surface area contributed by atoms with Crippen molar-refractivity contribution in [2.75, 3.05) is 18.5 Å². The van der Waals surface area contributed by atoms with Crippen molar-refractivity contribution >= 4 is 17.4 Å². The van der Waals surface area contributed by atoms with E-state index in [-0.39, 0.29) is 12.0 Å². The van der Waals surface area contributed by atoms with Crippen molar-refractivity contribution in [3.8, 4) is 0 Å². The molecule has 2 aromatic rings. The van der Waals surface area contributed by atoms with E-state index in [1.54, 1.807) is 6.07 Å². The van der Waals surface area contributed by atoms with E-state index in [1.807, 2.05) is 24.3 Å². The first kappa shape index (κ1) is 16.9. The van der Waals surface area contributed by atoms with E-state index in [0.717, 1.165) is 11.1 Å². The van der Waals surface area contributed by atoms with Gasteiger partial charge >= 0.3 is 6.03 Å². The van der Waals surface area contributed by atoms with Crippen molar-refractivity contribution in [3.63, 3.8) is 0 Å². The molecule has 0 bridgehead atoms. The normalized spacial score (nSPS) is 14.2. The SMILES string of the molecule is O=C(NCc1ccc(C2OCCO2)cc1)Nc1cccc([N+](=O)[O-])c1. The number of nitro groups is 1. The second-order valence-corrected chi connectivity index (χ2v) is 5.43. The van der Waals surface area contributed by atoms with Crippen LogP contribution in [0.2, 0.25) is 0 Å². The number of carbonyl (C=O) groups is 1. The van der Waals surface area contributed by atoms with Crippen molar-refractivity contribution in [2.45, 2.75) is 12.8 Å². The number of nitrogens with zero attached hydrogens (tertiary/aromatic N) is 1. The highest BCUT2D eigenvalue weighted by Gasteiger charge is 2.17. The minimum absolute atomic E-state index is 0.0789. The maximum absolute atomic E-state index is 11.9. The van der Waals surface area contributed by atoms with Crippen LogP contribution in [-0.2, 0) is 16.0 Å². The molecule has 1 heterocycles. The van der Waals surface area contributed by atoms with Gasteiger partial charge in [0, 0.05) is 29.9 Å². The number of non-ortho nitro benzene ring substituents is 1. The molecule has 130 valence electrons. The quantitative estimate of drug-likeness (QED) is 0.642. The fourth-order valence-corrected chi connectivity index (χ4v) is 2.40. The van der Waals surface area contributed by atoms with Gasteiger partial charge < -0.3 is 20.1 Å². The van der Waals surface area contributed by atoms with Gasteiger partial charge in [-0.1, -0.05) is 30.3 Å². The summed E-state index contributed by atoms with van der Waals surface area (Å²) >= 11 is 0. The topological polar surface area (TPSA) is 103 Å². The molecule has 2 amide bonds. The summed E-state index contributed by atoms with van der Waals surface area (Å²) in [5.74, 6) is 0. The summed E-state index contributed by atoms with van der Waals surface area (Å²) in [4.78, 5) is 22.1. The summed E-state index contributed by atoms with van der Waals surface area (Å²) in [6, 6.07) is 12.9. The van der Waals surface area contributed by atoms with E-state index in [4.69, 9.17) is 9.47 Å². The predicted molar refractivity (Wildman–Crippen MR) is 90.0 cm³/mol. The highest BCUT2D eigenvalue weighted by atomic mass is 16.7. The Labute approximate surface area is 143 Å². The first-order valence-corrected chi connectivity index (χ1v) is 7.73. The number of anilines is 1. The first-order chi connectivity index (χ1) is 12.1. The van der Waals surface area contributed by atoms with E-state index in [0.29, 0.717) is 25.4 Å². The molecule has 1 aliphatic heterocycles. The monoisotopic (exact) mass is 343 g/mol. The lowest BCUT2D eigenvalue weighted by molar-refractivity contribution is -0.384. The molecule has 0 aromatic heterocycles. The zero-order valence-corrected chi connectivity index (χ0v) is 13.3. The van der Waals surface area contributed by atoms with E-state index in [2.05, 4.69) is 10.6 Å². The third-order valence-corrected chi connectivity index (χ3v) is 3.64. The van der Waals surface area contributed by atoms with Crippen molar-refractivity contribution < 1.29 is 19.2 Å². The molecule has 1 fully saturated rings. The number of nitro benzene ring substituents is 1. The maximum Gasteiger partial charge on any atom is 0.319 e. The van der Waals surface area contributed by atoms with Gasteiger partial charge in [-0.25, -0.2) is 4.79 Å². The Morgan fingerprint density at radius 1 is 1.16 bits per heavy atom. The number of carbonyl (C=O) groups excluding carboxylic acids is 1. The molecule has 0 atom stereocenters. The Kier molecular flexibility index (Phi) is 5.22. The molecule has 1 saturated heterocycles. The van der Waals surface area contributed by atoms with Crippen LogP contribution in [0.1, 0.15) is 17.4 Å². The largest absolute Gasteiger partial charge is 0.346 e. The predicted octanol–water partition coefficient (Wildman–Crippen LogP) is 2.96. The van der Waals surface area contributed by atoms with E-state index in [9.17, 15) is 14.9 Å². The number of hydrogen-bond donors (Lipinski definition) is 2. The van der Waals surface area contributed by atoms with Crippen LogP contribution < -0.4 is 10.6 Å². The summed E-state index contributed by atoms with van der Waals surface area (Å²) in [6.45, 7) is 1.50. The van der Waals surface area contributed by atoms with E-state index >= 15 is 0 Å². The van der Waals surface area contributed by atoms with Crippen LogP contribution in [0, 0.1) is 10.1 Å². The third kappa shape index (κ3) is 4.52. The number of rotatable bonds is 5. The van der Waals surface area contributed by atoms with Gasteiger partial charge in [0.1, 0.15) is 0 Å². The Morgan fingerprint density at radius 2 is 1.88 bits per heavy atom. The molecular formula is C17H17N3O5. The number of nitrogens with one attached hydrogen (secondary N) is 2. The number of ether oxygens (including phenoxy) is 2. The molecule has 0 spiro atoms. The highest BCUT2D eigenvalue weighted by molar-refractivity contribution is 5.89. The van der Waals surface area contributed by atoms with Crippen LogP contribution in [0.5, 0.6) is 0 Å². The molecule has 0 saturated carbocycles. The number of hydrogen-bond acceptors (Lipinski definition) is 5. The highest BCUT2D eigenvalue weighted by Crippen LogP contribution is 2.23. The molecule has 25 heavy (non-hydrogen) atoms. The Hall–Kier alpha value is -2.97. The van der Waals surface area contributed by atoms with Crippen LogP contribution in [0.25, 0.3) is 0 Å². The lowest BCUT2D eigenvalue weighted by Gasteiger charge is -2.11. The molecule has 1 aliphatic rings. The van der Waals surface area contributed by atoms with Gasteiger partial charge in [0.25, 0.3) is 5.69 Å². The van der Waals surface area contributed by atoms with Crippen LogP contribution in [-0.4, -0.2) is 24.2 Å². The van der Waals surface area contributed by atoms with Crippen LogP contribution in [0.15, 0.2) is 48.5 Å². The smallest absolute Gasteiger partial charge is 0.319 e. The number of benzene rings is 2. The van der Waals surface area contributed by atoms with Gasteiger partial charge in [0.2, 0.25) is 0 Å².